The van der Waals surface area contributed by atoms with E-state index in [0.717, 1.165) is 5.56 Å². The molecule has 0 amide bonds. The van der Waals surface area contributed by atoms with Gasteiger partial charge in [-0.15, -0.1) is 0 Å². The van der Waals surface area contributed by atoms with Gasteiger partial charge < -0.3 is 5.73 Å². The normalized spacial score (nSPS) is 9.76. The molecular weight excluding hydrogens is 217 g/mol. The first-order valence-electron chi connectivity index (χ1n) is 5.24. The summed E-state index contributed by atoms with van der Waals surface area (Å²) in [6, 6.07) is 6.71. The largest absolute Gasteiger partial charge is 0.320 e. The van der Waals surface area contributed by atoms with Crippen molar-refractivity contribution < 1.29 is 4.39 Å². The Morgan fingerprint density at radius 3 is 3.00 bits per heavy atom. The molecule has 4 heteroatoms. The molecule has 0 unspecified atom stereocenters. The average molecular weight is 229 g/mol. The third-order valence-corrected chi connectivity index (χ3v) is 2.26. The van der Waals surface area contributed by atoms with Crippen molar-refractivity contribution >= 4 is 0 Å². The van der Waals surface area contributed by atoms with Gasteiger partial charge in [-0.1, -0.05) is 17.9 Å². The molecule has 2 aromatic rings. The van der Waals surface area contributed by atoms with E-state index in [0.29, 0.717) is 12.1 Å². The van der Waals surface area contributed by atoms with Crippen LogP contribution in [0, 0.1) is 17.7 Å². The Bertz CT molecular complexity index is 550. The minimum Gasteiger partial charge on any atom is -0.320 e. The smallest absolute Gasteiger partial charge is 0.138 e. The quantitative estimate of drug-likeness (QED) is 0.791. The van der Waals surface area contributed by atoms with E-state index in [1.807, 2.05) is 12.3 Å². The fourth-order valence-corrected chi connectivity index (χ4v) is 1.49. The fourth-order valence-electron chi connectivity index (χ4n) is 1.49. The fraction of sp³-hybridized carbons (Fsp3) is 0.154. The lowest BCUT2D eigenvalue weighted by molar-refractivity contribution is 0.621. The average Bonchev–Trinajstić information content (AvgIpc) is 2.82. The highest BCUT2D eigenvalue weighted by atomic mass is 19.1. The number of nitrogens with two attached hydrogens (primary N) is 1. The SMILES string of the molecule is NCC#Cc1cc(Cn2cccn2)ccc1F. The molecule has 0 bridgehead atoms. The Labute approximate surface area is 99.1 Å². The van der Waals surface area contributed by atoms with Crippen LogP contribution in [-0.2, 0) is 6.54 Å². The lowest BCUT2D eigenvalue weighted by Gasteiger charge is -2.03. The molecule has 0 radical (unpaired) electrons. The first-order chi connectivity index (χ1) is 8.29. The molecule has 2 N–H and O–H groups in total. The Morgan fingerprint density at radius 1 is 1.41 bits per heavy atom. The highest BCUT2D eigenvalue weighted by molar-refractivity contribution is 5.38. The van der Waals surface area contributed by atoms with Crippen LogP contribution in [0.1, 0.15) is 11.1 Å². The minimum absolute atomic E-state index is 0.225. The molecule has 0 atom stereocenters. The van der Waals surface area contributed by atoms with Crippen molar-refractivity contribution in [1.29, 1.82) is 0 Å². The number of aromatic nitrogens is 2. The molecule has 0 spiro atoms. The lowest BCUT2D eigenvalue weighted by Crippen LogP contribution is -2.01. The van der Waals surface area contributed by atoms with E-state index in [9.17, 15) is 4.39 Å². The molecule has 1 aromatic heterocycles. The van der Waals surface area contributed by atoms with Crippen molar-refractivity contribution in [3.05, 3.63) is 53.6 Å². The molecular formula is C13H12FN3. The number of rotatable bonds is 2. The summed E-state index contributed by atoms with van der Waals surface area (Å²) in [5.41, 5.74) is 6.59. The molecule has 1 heterocycles. The number of hydrogen-bond donors (Lipinski definition) is 1. The second-order valence-corrected chi connectivity index (χ2v) is 3.52. The van der Waals surface area contributed by atoms with Crippen molar-refractivity contribution in [3.8, 4) is 11.8 Å². The predicted octanol–water partition coefficient (Wildman–Crippen LogP) is 1.38. The highest BCUT2D eigenvalue weighted by Crippen LogP contribution is 2.10. The van der Waals surface area contributed by atoms with Gasteiger partial charge in [0.2, 0.25) is 0 Å². The molecule has 3 nitrogen and oxygen atoms in total. The van der Waals surface area contributed by atoms with Gasteiger partial charge in [0.15, 0.2) is 0 Å². The molecule has 0 aliphatic carbocycles. The van der Waals surface area contributed by atoms with Crippen molar-refractivity contribution in [2.45, 2.75) is 6.54 Å². The molecule has 1 aromatic carbocycles. The van der Waals surface area contributed by atoms with Crippen LogP contribution < -0.4 is 5.73 Å². The highest BCUT2D eigenvalue weighted by Gasteiger charge is 2.02. The van der Waals surface area contributed by atoms with Crippen LogP contribution in [0.5, 0.6) is 0 Å². The zero-order chi connectivity index (χ0) is 12.1. The van der Waals surface area contributed by atoms with Crippen LogP contribution in [0.15, 0.2) is 36.7 Å². The third-order valence-electron chi connectivity index (χ3n) is 2.26. The van der Waals surface area contributed by atoms with Crippen molar-refractivity contribution in [2.75, 3.05) is 6.54 Å². The maximum absolute atomic E-state index is 13.4. The van der Waals surface area contributed by atoms with E-state index in [1.165, 1.54) is 6.07 Å². The van der Waals surface area contributed by atoms with E-state index in [4.69, 9.17) is 5.73 Å². The zero-order valence-corrected chi connectivity index (χ0v) is 9.23. The molecule has 17 heavy (non-hydrogen) atoms. The molecule has 0 fully saturated rings. The number of nitrogens with zero attached hydrogens (tertiary/aromatic N) is 2. The summed E-state index contributed by atoms with van der Waals surface area (Å²) in [6.07, 6.45) is 3.56. The van der Waals surface area contributed by atoms with Crippen LogP contribution in [0.4, 0.5) is 4.39 Å². The first kappa shape index (κ1) is 11.4. The topological polar surface area (TPSA) is 43.8 Å². The second kappa shape index (κ2) is 5.28. The third kappa shape index (κ3) is 2.92. The summed E-state index contributed by atoms with van der Waals surface area (Å²) >= 11 is 0. The lowest BCUT2D eigenvalue weighted by atomic mass is 10.1. The number of hydrogen-bond acceptors (Lipinski definition) is 2. The van der Waals surface area contributed by atoms with E-state index in [1.54, 1.807) is 23.0 Å². The Balaban J connectivity index is 2.24. The summed E-state index contributed by atoms with van der Waals surface area (Å²) in [5, 5.41) is 4.09. The van der Waals surface area contributed by atoms with Crippen LogP contribution in [0.3, 0.4) is 0 Å². The summed E-state index contributed by atoms with van der Waals surface area (Å²) in [6.45, 7) is 0.827. The van der Waals surface area contributed by atoms with Gasteiger partial charge in [-0.05, 0) is 23.8 Å². The number of benzene rings is 1. The maximum Gasteiger partial charge on any atom is 0.138 e. The van der Waals surface area contributed by atoms with Gasteiger partial charge in [0.05, 0.1) is 18.7 Å². The van der Waals surface area contributed by atoms with Gasteiger partial charge in [-0.25, -0.2) is 4.39 Å². The van der Waals surface area contributed by atoms with Gasteiger partial charge in [0.1, 0.15) is 5.82 Å². The van der Waals surface area contributed by atoms with Crippen LogP contribution in [0.25, 0.3) is 0 Å². The summed E-state index contributed by atoms with van der Waals surface area (Å²) in [5.74, 6) is 5.04. The Hall–Kier alpha value is -2.12. The standard InChI is InChI=1S/C13H12FN3/c14-13-5-4-11(9-12(13)3-1-6-15)10-17-8-2-7-16-17/h2,4-5,7-9H,6,10,15H2. The molecule has 0 aliphatic rings. The van der Waals surface area contributed by atoms with Gasteiger partial charge in [0.25, 0.3) is 0 Å². The van der Waals surface area contributed by atoms with Gasteiger partial charge in [0, 0.05) is 12.4 Å². The van der Waals surface area contributed by atoms with Crippen molar-refractivity contribution in [2.24, 2.45) is 5.73 Å². The first-order valence-corrected chi connectivity index (χ1v) is 5.24. The predicted molar refractivity (Wildman–Crippen MR) is 63.7 cm³/mol. The van der Waals surface area contributed by atoms with Crippen LogP contribution >= 0.6 is 0 Å². The van der Waals surface area contributed by atoms with Gasteiger partial charge in [-0.3, -0.25) is 4.68 Å². The van der Waals surface area contributed by atoms with E-state index >= 15 is 0 Å². The van der Waals surface area contributed by atoms with Gasteiger partial charge in [-0.2, -0.15) is 5.10 Å². The number of halogens is 1. The van der Waals surface area contributed by atoms with Gasteiger partial charge >= 0.3 is 0 Å². The van der Waals surface area contributed by atoms with E-state index in [2.05, 4.69) is 16.9 Å². The summed E-state index contributed by atoms with van der Waals surface area (Å²) < 4.78 is 15.2. The maximum atomic E-state index is 13.4. The van der Waals surface area contributed by atoms with Crippen molar-refractivity contribution in [3.63, 3.8) is 0 Å². The molecule has 0 saturated heterocycles. The summed E-state index contributed by atoms with van der Waals surface area (Å²) in [7, 11) is 0. The molecule has 86 valence electrons. The van der Waals surface area contributed by atoms with E-state index < -0.39 is 0 Å². The Morgan fingerprint density at radius 2 is 2.29 bits per heavy atom. The zero-order valence-electron chi connectivity index (χ0n) is 9.23. The van der Waals surface area contributed by atoms with Crippen LogP contribution in [-0.4, -0.2) is 16.3 Å². The molecule has 0 saturated carbocycles. The van der Waals surface area contributed by atoms with Crippen molar-refractivity contribution in [1.82, 2.24) is 9.78 Å². The Kier molecular flexibility index (Phi) is 3.53. The second-order valence-electron chi connectivity index (χ2n) is 3.52. The monoisotopic (exact) mass is 229 g/mol. The summed E-state index contributed by atoms with van der Waals surface area (Å²) in [4.78, 5) is 0. The molecule has 0 aliphatic heterocycles. The van der Waals surface area contributed by atoms with E-state index in [-0.39, 0.29) is 12.4 Å². The minimum atomic E-state index is -0.324. The van der Waals surface area contributed by atoms with Crippen LogP contribution in [0.2, 0.25) is 0 Å². The molecule has 2 rings (SSSR count).